The van der Waals surface area contributed by atoms with E-state index in [1.807, 2.05) is 44.2 Å². The molecule has 1 heterocycles. The van der Waals surface area contributed by atoms with Crippen molar-refractivity contribution in [3.8, 4) is 22.7 Å². The summed E-state index contributed by atoms with van der Waals surface area (Å²) in [6, 6.07) is 16.7. The summed E-state index contributed by atoms with van der Waals surface area (Å²) in [5, 5.41) is 7.38. The van der Waals surface area contributed by atoms with Crippen LogP contribution in [-0.2, 0) is 4.79 Å². The van der Waals surface area contributed by atoms with Crippen LogP contribution in [-0.4, -0.2) is 28.5 Å². The molecule has 1 aromatic heterocycles. The van der Waals surface area contributed by atoms with Gasteiger partial charge in [-0.15, -0.1) is 0 Å². The molecular weight excluding hydrogens is 380 g/mol. The van der Waals surface area contributed by atoms with Gasteiger partial charge in [0.15, 0.2) is 0 Å². The summed E-state index contributed by atoms with van der Waals surface area (Å²) in [5.74, 6) is 0.740. The fraction of sp³-hybridized carbons (Fsp3) is 0.261. The molecule has 1 amide bonds. The number of carbonyl (C=O) groups excluding carboxylic acids is 1. The van der Waals surface area contributed by atoms with E-state index >= 15 is 0 Å². The molecule has 30 heavy (non-hydrogen) atoms. The first-order valence-electron chi connectivity index (χ1n) is 9.79. The monoisotopic (exact) mass is 406 g/mol. The Balaban J connectivity index is 2.07. The van der Waals surface area contributed by atoms with Crippen LogP contribution in [0.5, 0.6) is 5.75 Å². The van der Waals surface area contributed by atoms with E-state index in [4.69, 9.17) is 4.74 Å². The summed E-state index contributed by atoms with van der Waals surface area (Å²) in [7, 11) is 1.59. The molecule has 3 aromatic rings. The Bertz CT molecular complexity index is 1090. The molecule has 2 N–H and O–H groups in total. The third kappa shape index (κ3) is 4.68. The number of rotatable bonds is 7. The number of hydrogen-bond acceptors (Lipinski definition) is 4. The molecule has 0 saturated heterocycles. The third-order valence-corrected chi connectivity index (χ3v) is 4.59. The van der Waals surface area contributed by atoms with Crippen molar-refractivity contribution in [2.45, 2.75) is 27.2 Å². The van der Waals surface area contributed by atoms with Gasteiger partial charge in [-0.2, -0.15) is 5.10 Å². The van der Waals surface area contributed by atoms with Gasteiger partial charge in [0, 0.05) is 12.0 Å². The summed E-state index contributed by atoms with van der Waals surface area (Å²) >= 11 is 0. The Morgan fingerprint density at radius 2 is 1.80 bits per heavy atom. The smallest absolute Gasteiger partial charge is 0.281 e. The summed E-state index contributed by atoms with van der Waals surface area (Å²) in [5.41, 5.74) is 5.29. The van der Waals surface area contributed by atoms with Gasteiger partial charge in [0.25, 0.3) is 5.56 Å². The normalized spacial score (nSPS) is 11.6. The van der Waals surface area contributed by atoms with Gasteiger partial charge < -0.3 is 4.74 Å². The number of nitrogens with zero attached hydrogens (tertiary/aromatic N) is 2. The van der Waals surface area contributed by atoms with E-state index in [9.17, 15) is 9.59 Å². The maximum absolute atomic E-state index is 13.3. The molecule has 0 aliphatic carbocycles. The molecule has 0 bridgehead atoms. The van der Waals surface area contributed by atoms with Gasteiger partial charge in [-0.25, -0.2) is 10.1 Å². The van der Waals surface area contributed by atoms with Crippen molar-refractivity contribution in [2.75, 3.05) is 7.11 Å². The minimum Gasteiger partial charge on any atom is -0.497 e. The summed E-state index contributed by atoms with van der Waals surface area (Å²) in [6.45, 7) is 5.64. The van der Waals surface area contributed by atoms with Gasteiger partial charge in [0.2, 0.25) is 5.91 Å². The molecule has 0 atom stereocenters. The van der Waals surface area contributed by atoms with Crippen LogP contribution in [0.2, 0.25) is 0 Å². The van der Waals surface area contributed by atoms with E-state index in [1.165, 1.54) is 4.68 Å². The summed E-state index contributed by atoms with van der Waals surface area (Å²) < 4.78 is 6.66. The van der Waals surface area contributed by atoms with Gasteiger partial charge in [-0.1, -0.05) is 44.2 Å². The van der Waals surface area contributed by atoms with Crippen LogP contribution in [0.1, 0.15) is 32.8 Å². The maximum atomic E-state index is 13.3. The lowest BCUT2D eigenvalue weighted by molar-refractivity contribution is -0.121. The number of amides is 1. The topological polar surface area (TPSA) is 88.5 Å². The fourth-order valence-electron chi connectivity index (χ4n) is 3.12. The number of benzene rings is 2. The van der Waals surface area contributed by atoms with E-state index in [1.54, 1.807) is 38.3 Å². The van der Waals surface area contributed by atoms with Crippen molar-refractivity contribution >= 4 is 11.6 Å². The first kappa shape index (κ1) is 21.1. The number of H-pyrrole nitrogens is 1. The molecule has 0 aliphatic rings. The van der Waals surface area contributed by atoms with E-state index in [0.29, 0.717) is 34.8 Å². The number of ether oxygens (including phenoxy) is 1. The highest BCUT2D eigenvalue weighted by molar-refractivity contribution is 6.04. The number of hydrogen-bond donors (Lipinski definition) is 2. The van der Waals surface area contributed by atoms with Gasteiger partial charge >= 0.3 is 0 Å². The highest BCUT2D eigenvalue weighted by Gasteiger charge is 2.19. The zero-order chi connectivity index (χ0) is 21.7. The van der Waals surface area contributed by atoms with Crippen LogP contribution in [0.15, 0.2) is 64.5 Å². The van der Waals surface area contributed by atoms with E-state index in [-0.39, 0.29) is 17.4 Å². The standard InChI is InChI=1S/C23H26N4O3/c1-15(2)14-20(28)25-24-16(3)21-22(17-8-6-5-7-9-17)26-27(23(21)29)18-10-12-19(30-4)13-11-18/h5-13,15,26H,14H2,1-4H3,(H,25,28)/b24-16+. The summed E-state index contributed by atoms with van der Waals surface area (Å²) in [6.07, 6.45) is 0.367. The van der Waals surface area contributed by atoms with Crippen LogP contribution in [0.25, 0.3) is 16.9 Å². The predicted octanol–water partition coefficient (Wildman–Crippen LogP) is 3.73. The highest BCUT2D eigenvalue weighted by Crippen LogP contribution is 2.22. The SMILES string of the molecule is COc1ccc(-n2[nH]c(-c3ccccc3)c(/C(C)=N/NC(=O)CC(C)C)c2=O)cc1. The minimum atomic E-state index is -0.252. The molecule has 3 rings (SSSR count). The second-order valence-electron chi connectivity index (χ2n) is 7.40. The van der Waals surface area contributed by atoms with Crippen molar-refractivity contribution in [1.82, 2.24) is 15.2 Å². The second kappa shape index (κ2) is 9.26. The Hall–Kier alpha value is -3.61. The largest absolute Gasteiger partial charge is 0.497 e. The molecule has 7 heteroatoms. The van der Waals surface area contributed by atoms with Crippen LogP contribution >= 0.6 is 0 Å². The van der Waals surface area contributed by atoms with E-state index < -0.39 is 0 Å². The number of carbonyl (C=O) groups is 1. The molecule has 2 aromatic carbocycles. The van der Waals surface area contributed by atoms with Crippen LogP contribution < -0.4 is 15.7 Å². The molecule has 0 fully saturated rings. The first-order valence-corrected chi connectivity index (χ1v) is 9.79. The van der Waals surface area contributed by atoms with Crippen molar-refractivity contribution in [3.05, 3.63) is 70.5 Å². The van der Waals surface area contributed by atoms with Crippen LogP contribution in [0.4, 0.5) is 0 Å². The zero-order valence-corrected chi connectivity index (χ0v) is 17.6. The molecular formula is C23H26N4O3. The average Bonchev–Trinajstić information content (AvgIpc) is 3.09. The average molecular weight is 406 g/mol. The van der Waals surface area contributed by atoms with Gasteiger partial charge in [-0.3, -0.25) is 14.7 Å². The molecule has 0 aliphatic heterocycles. The Morgan fingerprint density at radius 1 is 1.13 bits per heavy atom. The fourth-order valence-corrected chi connectivity index (χ4v) is 3.12. The van der Waals surface area contributed by atoms with Crippen molar-refractivity contribution in [2.24, 2.45) is 11.0 Å². The lowest BCUT2D eigenvalue weighted by Crippen LogP contribution is -2.24. The number of methoxy groups -OCH3 is 1. The maximum Gasteiger partial charge on any atom is 0.281 e. The van der Waals surface area contributed by atoms with Crippen LogP contribution in [0.3, 0.4) is 0 Å². The molecule has 156 valence electrons. The molecule has 0 radical (unpaired) electrons. The molecule has 0 unspecified atom stereocenters. The number of hydrazone groups is 1. The highest BCUT2D eigenvalue weighted by atomic mass is 16.5. The summed E-state index contributed by atoms with van der Waals surface area (Å²) in [4.78, 5) is 25.3. The Kier molecular flexibility index (Phi) is 6.51. The molecule has 7 nitrogen and oxygen atoms in total. The van der Waals surface area contributed by atoms with E-state index in [2.05, 4.69) is 15.6 Å². The van der Waals surface area contributed by atoms with Gasteiger partial charge in [0.1, 0.15) is 5.75 Å². The lowest BCUT2D eigenvalue weighted by Gasteiger charge is -2.05. The Labute approximate surface area is 175 Å². The quantitative estimate of drug-likeness (QED) is 0.463. The predicted molar refractivity (Wildman–Crippen MR) is 118 cm³/mol. The van der Waals surface area contributed by atoms with Crippen LogP contribution in [0, 0.1) is 5.92 Å². The van der Waals surface area contributed by atoms with Gasteiger partial charge in [-0.05, 0) is 37.1 Å². The van der Waals surface area contributed by atoms with E-state index in [0.717, 1.165) is 5.56 Å². The Morgan fingerprint density at radius 3 is 2.40 bits per heavy atom. The first-order chi connectivity index (χ1) is 14.4. The third-order valence-electron chi connectivity index (χ3n) is 4.59. The minimum absolute atomic E-state index is 0.184. The van der Waals surface area contributed by atoms with Crippen molar-refractivity contribution < 1.29 is 9.53 Å². The van der Waals surface area contributed by atoms with Crippen molar-refractivity contribution in [3.63, 3.8) is 0 Å². The number of aromatic nitrogens is 2. The zero-order valence-electron chi connectivity index (χ0n) is 17.6. The molecule has 0 saturated carbocycles. The van der Waals surface area contributed by atoms with Gasteiger partial charge in [0.05, 0.1) is 29.8 Å². The second-order valence-corrected chi connectivity index (χ2v) is 7.40. The number of aromatic amines is 1. The van der Waals surface area contributed by atoms with Crippen molar-refractivity contribution in [1.29, 1.82) is 0 Å². The number of nitrogens with one attached hydrogen (secondary N) is 2. The molecule has 0 spiro atoms. The lowest BCUT2D eigenvalue weighted by atomic mass is 10.1.